The van der Waals surface area contributed by atoms with Crippen LogP contribution in [0.15, 0.2) is 24.4 Å². The molecule has 3 N–H and O–H groups in total. The summed E-state index contributed by atoms with van der Waals surface area (Å²) in [5.74, 6) is -0.230. The molecule has 0 saturated carbocycles. The Balaban J connectivity index is 2.34. The minimum Gasteiger partial charge on any atom is -0.466 e. The first kappa shape index (κ1) is 10.5. The fraction of sp³-hybridized carbons (Fsp3) is 0.250. The zero-order valence-electron chi connectivity index (χ0n) is 9.12. The molecule has 2 rings (SSSR count). The van der Waals surface area contributed by atoms with Gasteiger partial charge in [-0.1, -0.05) is 6.07 Å². The van der Waals surface area contributed by atoms with E-state index in [0.717, 1.165) is 16.5 Å². The van der Waals surface area contributed by atoms with Gasteiger partial charge in [-0.2, -0.15) is 0 Å². The van der Waals surface area contributed by atoms with Crippen LogP contribution in [-0.2, 0) is 16.0 Å². The van der Waals surface area contributed by atoms with E-state index >= 15 is 0 Å². The molecule has 0 aliphatic heterocycles. The van der Waals surface area contributed by atoms with Gasteiger partial charge in [-0.25, -0.2) is 0 Å². The van der Waals surface area contributed by atoms with Crippen LogP contribution in [0.4, 0.5) is 5.69 Å². The first-order chi connectivity index (χ1) is 7.72. The first-order valence-electron chi connectivity index (χ1n) is 5.22. The van der Waals surface area contributed by atoms with Crippen LogP contribution in [0, 0.1) is 0 Å². The van der Waals surface area contributed by atoms with E-state index in [4.69, 9.17) is 10.5 Å². The van der Waals surface area contributed by atoms with E-state index in [2.05, 4.69) is 4.98 Å². The Kier molecular flexibility index (Phi) is 2.81. The van der Waals surface area contributed by atoms with Crippen LogP contribution in [0.25, 0.3) is 10.9 Å². The summed E-state index contributed by atoms with van der Waals surface area (Å²) in [5.41, 5.74) is 8.38. The van der Waals surface area contributed by atoms with Crippen LogP contribution in [0.5, 0.6) is 0 Å². The number of esters is 1. The number of carbonyl (C=O) groups excluding carboxylic acids is 1. The molecule has 1 heterocycles. The van der Waals surface area contributed by atoms with Crippen LogP contribution >= 0.6 is 0 Å². The molecule has 0 unspecified atom stereocenters. The van der Waals surface area contributed by atoms with Crippen molar-refractivity contribution in [1.29, 1.82) is 0 Å². The number of ether oxygens (including phenoxy) is 1. The van der Waals surface area contributed by atoms with Crippen molar-refractivity contribution in [2.75, 3.05) is 12.3 Å². The number of nitrogen functional groups attached to an aromatic ring is 1. The molecule has 1 aromatic heterocycles. The summed E-state index contributed by atoms with van der Waals surface area (Å²) in [6.45, 7) is 2.19. The van der Waals surface area contributed by atoms with Gasteiger partial charge in [0.05, 0.1) is 13.0 Å². The predicted octanol–water partition coefficient (Wildman–Crippen LogP) is 1.86. The average Bonchev–Trinajstić information content (AvgIpc) is 2.63. The normalized spacial score (nSPS) is 10.6. The molecule has 4 nitrogen and oxygen atoms in total. The maximum atomic E-state index is 11.4. The number of hydrogen-bond acceptors (Lipinski definition) is 3. The standard InChI is InChI=1S/C12H14N2O2/c1-2-16-11(15)6-8-7-14-10-5-3-4-9(13)12(8)10/h3-5,7,14H,2,6,13H2,1H3. The third kappa shape index (κ3) is 1.86. The van der Waals surface area contributed by atoms with E-state index < -0.39 is 0 Å². The summed E-state index contributed by atoms with van der Waals surface area (Å²) >= 11 is 0. The second kappa shape index (κ2) is 4.26. The van der Waals surface area contributed by atoms with Gasteiger partial charge in [0.15, 0.2) is 0 Å². The molecule has 0 aliphatic rings. The number of benzene rings is 1. The maximum absolute atomic E-state index is 11.4. The summed E-state index contributed by atoms with van der Waals surface area (Å²) < 4.78 is 4.91. The van der Waals surface area contributed by atoms with Crippen molar-refractivity contribution < 1.29 is 9.53 Å². The van der Waals surface area contributed by atoms with E-state index in [1.807, 2.05) is 18.2 Å². The highest BCUT2D eigenvalue weighted by Crippen LogP contribution is 2.24. The molecule has 0 radical (unpaired) electrons. The minimum atomic E-state index is -0.230. The average molecular weight is 218 g/mol. The second-order valence-corrected chi connectivity index (χ2v) is 3.57. The number of hydrogen-bond donors (Lipinski definition) is 2. The zero-order chi connectivity index (χ0) is 11.5. The van der Waals surface area contributed by atoms with Gasteiger partial charge in [-0.15, -0.1) is 0 Å². The Morgan fingerprint density at radius 2 is 2.31 bits per heavy atom. The van der Waals surface area contributed by atoms with Crippen molar-refractivity contribution in [3.8, 4) is 0 Å². The van der Waals surface area contributed by atoms with Gasteiger partial charge in [0.25, 0.3) is 0 Å². The molecule has 0 spiro atoms. The van der Waals surface area contributed by atoms with Crippen LogP contribution in [0.3, 0.4) is 0 Å². The molecular formula is C12H14N2O2. The highest BCUT2D eigenvalue weighted by atomic mass is 16.5. The number of fused-ring (bicyclic) bond motifs is 1. The van der Waals surface area contributed by atoms with Gasteiger partial charge in [0, 0.05) is 22.8 Å². The van der Waals surface area contributed by atoms with Crippen molar-refractivity contribution in [2.24, 2.45) is 0 Å². The van der Waals surface area contributed by atoms with Crippen molar-refractivity contribution in [3.63, 3.8) is 0 Å². The molecule has 84 valence electrons. The third-order valence-corrected chi connectivity index (χ3v) is 2.46. The summed E-state index contributed by atoms with van der Waals surface area (Å²) in [6.07, 6.45) is 2.06. The summed E-state index contributed by atoms with van der Waals surface area (Å²) in [6, 6.07) is 5.63. The first-order valence-corrected chi connectivity index (χ1v) is 5.22. The predicted molar refractivity (Wildman–Crippen MR) is 63.0 cm³/mol. The molecule has 0 aliphatic carbocycles. The minimum absolute atomic E-state index is 0.230. The van der Waals surface area contributed by atoms with Gasteiger partial charge < -0.3 is 15.5 Å². The summed E-state index contributed by atoms with van der Waals surface area (Å²) in [4.78, 5) is 14.5. The summed E-state index contributed by atoms with van der Waals surface area (Å²) in [5, 5.41) is 0.913. The fourth-order valence-electron chi connectivity index (χ4n) is 1.79. The molecule has 4 heteroatoms. The number of rotatable bonds is 3. The molecule has 0 saturated heterocycles. The molecule has 0 bridgehead atoms. The SMILES string of the molecule is CCOC(=O)Cc1c[nH]c2cccc(N)c12. The van der Waals surface area contributed by atoms with Gasteiger partial charge in [-0.05, 0) is 24.6 Å². The highest BCUT2D eigenvalue weighted by Gasteiger charge is 2.11. The van der Waals surface area contributed by atoms with Gasteiger partial charge in [0.1, 0.15) is 0 Å². The zero-order valence-corrected chi connectivity index (χ0v) is 9.12. The van der Waals surface area contributed by atoms with Gasteiger partial charge in [-0.3, -0.25) is 4.79 Å². The maximum Gasteiger partial charge on any atom is 0.310 e. The molecule has 1 aromatic carbocycles. The lowest BCUT2D eigenvalue weighted by molar-refractivity contribution is -0.142. The summed E-state index contributed by atoms with van der Waals surface area (Å²) in [7, 11) is 0. The molecular weight excluding hydrogens is 204 g/mol. The number of nitrogens with two attached hydrogens (primary N) is 1. The van der Waals surface area contributed by atoms with E-state index in [1.165, 1.54) is 0 Å². The van der Waals surface area contributed by atoms with Crippen molar-refractivity contribution in [3.05, 3.63) is 30.0 Å². The Morgan fingerprint density at radius 3 is 3.06 bits per heavy atom. The van der Waals surface area contributed by atoms with Crippen LogP contribution in [0.2, 0.25) is 0 Å². The quantitative estimate of drug-likeness (QED) is 0.610. The highest BCUT2D eigenvalue weighted by molar-refractivity contribution is 5.95. The third-order valence-electron chi connectivity index (χ3n) is 2.46. The molecule has 0 atom stereocenters. The number of aromatic nitrogens is 1. The second-order valence-electron chi connectivity index (χ2n) is 3.57. The Hall–Kier alpha value is -1.97. The van der Waals surface area contributed by atoms with Crippen molar-refractivity contribution >= 4 is 22.6 Å². The smallest absolute Gasteiger partial charge is 0.310 e. The number of nitrogens with one attached hydrogen (secondary N) is 1. The van der Waals surface area contributed by atoms with E-state index in [0.29, 0.717) is 12.3 Å². The largest absolute Gasteiger partial charge is 0.466 e. The molecule has 0 amide bonds. The fourth-order valence-corrected chi connectivity index (χ4v) is 1.79. The van der Waals surface area contributed by atoms with Crippen molar-refractivity contribution in [2.45, 2.75) is 13.3 Å². The lowest BCUT2D eigenvalue weighted by atomic mass is 10.1. The van der Waals surface area contributed by atoms with Crippen LogP contribution in [-0.4, -0.2) is 17.6 Å². The number of carbonyl (C=O) groups is 1. The van der Waals surface area contributed by atoms with E-state index in [1.54, 1.807) is 13.1 Å². The van der Waals surface area contributed by atoms with E-state index in [9.17, 15) is 4.79 Å². The topological polar surface area (TPSA) is 68.1 Å². The Morgan fingerprint density at radius 1 is 1.50 bits per heavy atom. The van der Waals surface area contributed by atoms with Gasteiger partial charge in [0.2, 0.25) is 0 Å². The molecule has 0 fully saturated rings. The number of aromatic amines is 1. The Labute approximate surface area is 93.4 Å². The van der Waals surface area contributed by atoms with Crippen LogP contribution in [0.1, 0.15) is 12.5 Å². The van der Waals surface area contributed by atoms with Gasteiger partial charge >= 0.3 is 5.97 Å². The lowest BCUT2D eigenvalue weighted by Gasteiger charge is -2.02. The Bertz CT molecular complexity index is 517. The molecule has 16 heavy (non-hydrogen) atoms. The lowest BCUT2D eigenvalue weighted by Crippen LogP contribution is -2.07. The number of anilines is 1. The number of H-pyrrole nitrogens is 1. The van der Waals surface area contributed by atoms with Crippen LogP contribution < -0.4 is 5.73 Å². The monoisotopic (exact) mass is 218 g/mol. The van der Waals surface area contributed by atoms with Crippen molar-refractivity contribution in [1.82, 2.24) is 4.98 Å². The van der Waals surface area contributed by atoms with E-state index in [-0.39, 0.29) is 12.4 Å². The molecule has 2 aromatic rings.